The summed E-state index contributed by atoms with van der Waals surface area (Å²) in [5.41, 5.74) is 4.49. The molecular weight excluding hydrogens is 224 g/mol. The van der Waals surface area contributed by atoms with Crippen LogP contribution in [0.25, 0.3) is 0 Å². The quantitative estimate of drug-likeness (QED) is 0.893. The second-order valence-corrected chi connectivity index (χ2v) is 4.65. The topological polar surface area (TPSA) is 42.7 Å². The van der Waals surface area contributed by atoms with Crippen LogP contribution in [0.2, 0.25) is 0 Å². The summed E-state index contributed by atoms with van der Waals surface area (Å²) in [4.78, 5) is 4.52. The van der Waals surface area contributed by atoms with Gasteiger partial charge in [0.15, 0.2) is 0 Å². The SMILES string of the molecule is CNC(Cc1ccn(C)n1)c1ccc(C)nc1C. The first-order chi connectivity index (χ1) is 8.60. The summed E-state index contributed by atoms with van der Waals surface area (Å²) in [5, 5.41) is 7.77. The maximum Gasteiger partial charge on any atom is 0.0643 e. The Morgan fingerprint density at radius 3 is 2.61 bits per heavy atom. The molecule has 0 bridgehead atoms. The Morgan fingerprint density at radius 2 is 2.06 bits per heavy atom. The molecule has 0 amide bonds. The molecule has 4 nitrogen and oxygen atoms in total. The Kier molecular flexibility index (Phi) is 3.77. The van der Waals surface area contributed by atoms with E-state index in [0.717, 1.165) is 23.5 Å². The van der Waals surface area contributed by atoms with Gasteiger partial charge in [0.25, 0.3) is 0 Å². The Hall–Kier alpha value is -1.68. The molecular formula is C14H20N4. The van der Waals surface area contributed by atoms with Gasteiger partial charge in [-0.2, -0.15) is 5.10 Å². The van der Waals surface area contributed by atoms with E-state index in [-0.39, 0.29) is 6.04 Å². The van der Waals surface area contributed by atoms with E-state index in [1.54, 1.807) is 0 Å². The minimum atomic E-state index is 0.257. The second kappa shape index (κ2) is 5.31. The van der Waals surface area contributed by atoms with Crippen LogP contribution in [0.5, 0.6) is 0 Å². The second-order valence-electron chi connectivity index (χ2n) is 4.65. The van der Waals surface area contributed by atoms with Gasteiger partial charge in [0, 0.05) is 37.1 Å². The van der Waals surface area contributed by atoms with E-state index in [1.165, 1.54) is 5.56 Å². The zero-order valence-electron chi connectivity index (χ0n) is 11.4. The van der Waals surface area contributed by atoms with E-state index >= 15 is 0 Å². The van der Waals surface area contributed by atoms with Gasteiger partial charge in [-0.3, -0.25) is 9.67 Å². The normalized spacial score (nSPS) is 12.7. The third-order valence-electron chi connectivity index (χ3n) is 3.17. The van der Waals surface area contributed by atoms with E-state index in [2.05, 4.69) is 40.5 Å². The summed E-state index contributed by atoms with van der Waals surface area (Å²) in [6, 6.07) is 6.53. The smallest absolute Gasteiger partial charge is 0.0643 e. The number of rotatable bonds is 4. The number of nitrogens with one attached hydrogen (secondary N) is 1. The predicted octanol–water partition coefficient (Wildman–Crippen LogP) is 1.94. The van der Waals surface area contributed by atoms with Crippen molar-refractivity contribution in [2.45, 2.75) is 26.3 Å². The zero-order chi connectivity index (χ0) is 13.1. The number of hydrogen-bond donors (Lipinski definition) is 1. The molecule has 1 atom stereocenters. The molecule has 0 radical (unpaired) electrons. The minimum absolute atomic E-state index is 0.257. The summed E-state index contributed by atoms with van der Waals surface area (Å²) in [6.07, 6.45) is 2.85. The molecule has 0 aliphatic rings. The molecule has 1 unspecified atom stereocenters. The number of pyridine rings is 1. The molecule has 0 saturated heterocycles. The molecule has 0 spiro atoms. The van der Waals surface area contributed by atoms with Gasteiger partial charge in [-0.25, -0.2) is 0 Å². The van der Waals surface area contributed by atoms with Gasteiger partial charge >= 0.3 is 0 Å². The highest BCUT2D eigenvalue weighted by Crippen LogP contribution is 2.20. The van der Waals surface area contributed by atoms with Crippen molar-refractivity contribution in [2.24, 2.45) is 7.05 Å². The molecule has 2 aromatic heterocycles. The lowest BCUT2D eigenvalue weighted by Crippen LogP contribution is -2.20. The first kappa shape index (κ1) is 12.8. The van der Waals surface area contributed by atoms with Crippen molar-refractivity contribution in [1.29, 1.82) is 0 Å². The number of hydrogen-bond acceptors (Lipinski definition) is 3. The van der Waals surface area contributed by atoms with E-state index in [9.17, 15) is 0 Å². The lowest BCUT2D eigenvalue weighted by molar-refractivity contribution is 0.571. The molecule has 2 rings (SSSR count). The van der Waals surface area contributed by atoms with Crippen molar-refractivity contribution in [3.8, 4) is 0 Å². The van der Waals surface area contributed by atoms with Crippen LogP contribution in [0.1, 0.15) is 28.7 Å². The minimum Gasteiger partial charge on any atom is -0.313 e. The van der Waals surface area contributed by atoms with Crippen molar-refractivity contribution in [3.05, 3.63) is 47.0 Å². The maximum atomic E-state index is 4.52. The third kappa shape index (κ3) is 2.76. The molecule has 0 saturated carbocycles. The Bertz CT molecular complexity index is 530. The molecule has 0 aromatic carbocycles. The third-order valence-corrected chi connectivity index (χ3v) is 3.17. The Morgan fingerprint density at radius 1 is 1.28 bits per heavy atom. The fourth-order valence-electron chi connectivity index (χ4n) is 2.21. The molecule has 2 aromatic rings. The monoisotopic (exact) mass is 244 g/mol. The fourth-order valence-corrected chi connectivity index (χ4v) is 2.21. The van der Waals surface area contributed by atoms with Crippen molar-refractivity contribution < 1.29 is 0 Å². The van der Waals surface area contributed by atoms with Crippen LogP contribution in [0.3, 0.4) is 0 Å². The molecule has 18 heavy (non-hydrogen) atoms. The highest BCUT2D eigenvalue weighted by molar-refractivity contribution is 5.26. The van der Waals surface area contributed by atoms with Crippen LogP contribution in [-0.4, -0.2) is 21.8 Å². The molecule has 0 aliphatic heterocycles. The van der Waals surface area contributed by atoms with Crippen molar-refractivity contribution in [1.82, 2.24) is 20.1 Å². The molecule has 0 aliphatic carbocycles. The van der Waals surface area contributed by atoms with Crippen LogP contribution in [0, 0.1) is 13.8 Å². The Labute approximate surface area is 108 Å². The molecule has 96 valence electrons. The lowest BCUT2D eigenvalue weighted by atomic mass is 10.0. The van der Waals surface area contributed by atoms with Gasteiger partial charge in [0.2, 0.25) is 0 Å². The van der Waals surface area contributed by atoms with Crippen molar-refractivity contribution >= 4 is 0 Å². The summed E-state index contributed by atoms with van der Waals surface area (Å²) in [6.45, 7) is 4.08. The van der Waals surface area contributed by atoms with Crippen LogP contribution in [0.4, 0.5) is 0 Å². The number of nitrogens with zero attached hydrogens (tertiary/aromatic N) is 3. The van der Waals surface area contributed by atoms with E-state index in [4.69, 9.17) is 0 Å². The summed E-state index contributed by atoms with van der Waals surface area (Å²) in [7, 11) is 3.92. The van der Waals surface area contributed by atoms with E-state index in [1.807, 2.05) is 31.9 Å². The van der Waals surface area contributed by atoms with Gasteiger partial charge in [0.1, 0.15) is 0 Å². The fraction of sp³-hybridized carbons (Fsp3) is 0.429. The van der Waals surface area contributed by atoms with Gasteiger partial charge < -0.3 is 5.32 Å². The highest BCUT2D eigenvalue weighted by atomic mass is 15.2. The van der Waals surface area contributed by atoms with Crippen LogP contribution in [-0.2, 0) is 13.5 Å². The summed E-state index contributed by atoms with van der Waals surface area (Å²) < 4.78 is 1.84. The van der Waals surface area contributed by atoms with Gasteiger partial charge in [-0.15, -0.1) is 0 Å². The predicted molar refractivity (Wildman–Crippen MR) is 72.4 cm³/mol. The average Bonchev–Trinajstić information content (AvgIpc) is 2.72. The number of aryl methyl sites for hydroxylation is 3. The van der Waals surface area contributed by atoms with Crippen LogP contribution in [0.15, 0.2) is 24.4 Å². The van der Waals surface area contributed by atoms with Crippen molar-refractivity contribution in [3.63, 3.8) is 0 Å². The maximum absolute atomic E-state index is 4.52. The standard InChI is InChI=1S/C14H20N4/c1-10-5-6-13(11(2)16-10)14(15-3)9-12-7-8-18(4)17-12/h5-8,14-15H,9H2,1-4H3. The Balaban J connectivity index is 2.22. The zero-order valence-corrected chi connectivity index (χ0v) is 11.4. The average molecular weight is 244 g/mol. The van der Waals surface area contributed by atoms with E-state index in [0.29, 0.717) is 0 Å². The van der Waals surface area contributed by atoms with Gasteiger partial charge in [0.05, 0.1) is 5.69 Å². The van der Waals surface area contributed by atoms with E-state index < -0.39 is 0 Å². The highest BCUT2D eigenvalue weighted by Gasteiger charge is 2.14. The van der Waals surface area contributed by atoms with Crippen LogP contribution >= 0.6 is 0 Å². The van der Waals surface area contributed by atoms with Crippen LogP contribution < -0.4 is 5.32 Å². The van der Waals surface area contributed by atoms with Crippen molar-refractivity contribution in [2.75, 3.05) is 7.05 Å². The largest absolute Gasteiger partial charge is 0.313 e. The van der Waals surface area contributed by atoms with Gasteiger partial charge in [-0.05, 0) is 38.6 Å². The molecule has 0 fully saturated rings. The number of aromatic nitrogens is 3. The number of likely N-dealkylation sites (N-methyl/N-ethyl adjacent to an activating group) is 1. The molecule has 2 heterocycles. The first-order valence-corrected chi connectivity index (χ1v) is 6.20. The summed E-state index contributed by atoms with van der Waals surface area (Å²) in [5.74, 6) is 0. The lowest BCUT2D eigenvalue weighted by Gasteiger charge is -2.17. The van der Waals surface area contributed by atoms with Gasteiger partial charge in [-0.1, -0.05) is 6.07 Å². The first-order valence-electron chi connectivity index (χ1n) is 6.20. The molecule has 4 heteroatoms. The molecule has 1 N–H and O–H groups in total. The summed E-state index contributed by atoms with van der Waals surface area (Å²) >= 11 is 0.